The molecule has 0 heterocycles. The van der Waals surface area contributed by atoms with Crippen molar-refractivity contribution in [2.75, 3.05) is 140 Å². The third kappa shape index (κ3) is 24.1. The lowest BCUT2D eigenvalue weighted by atomic mass is 10.7. The van der Waals surface area contributed by atoms with E-state index in [9.17, 15) is 0 Å². The molecule has 0 saturated heterocycles. The average Bonchev–Trinajstić information content (AvgIpc) is 2.89. The first-order valence-corrected chi connectivity index (χ1v) is 14.5. The van der Waals surface area contributed by atoms with Gasteiger partial charge in [0.25, 0.3) is 0 Å². The van der Waals surface area contributed by atoms with Crippen LogP contribution in [0.3, 0.4) is 0 Å². The van der Waals surface area contributed by atoms with Crippen molar-refractivity contribution in [2.24, 2.45) is 0 Å². The lowest BCUT2D eigenvalue weighted by Crippen LogP contribution is -2.47. The molecule has 0 aliphatic rings. The van der Waals surface area contributed by atoms with Crippen molar-refractivity contribution in [3.8, 4) is 0 Å². The van der Waals surface area contributed by atoms with E-state index in [0.717, 1.165) is 0 Å². The zero-order chi connectivity index (χ0) is 26.4. The second kappa shape index (κ2) is 29.3. The molecule has 0 bridgehead atoms. The number of rotatable bonds is 31. The van der Waals surface area contributed by atoms with E-state index in [-0.39, 0.29) is 0 Å². The minimum absolute atomic E-state index is 0.362. The van der Waals surface area contributed by atoms with Crippen molar-refractivity contribution in [3.63, 3.8) is 0 Å². The van der Waals surface area contributed by atoms with Gasteiger partial charge in [-0.15, -0.1) is 0 Å². The van der Waals surface area contributed by atoms with Crippen molar-refractivity contribution in [3.05, 3.63) is 0 Å². The minimum atomic E-state index is -2.91. The molecular weight excluding hydrogens is 496 g/mol. The van der Waals surface area contributed by atoms with Crippen LogP contribution in [-0.4, -0.2) is 149 Å². The van der Waals surface area contributed by atoms with Crippen LogP contribution in [0.15, 0.2) is 0 Å². The zero-order valence-corrected chi connectivity index (χ0v) is 23.8. The smallest absolute Gasteiger partial charge is 0.382 e. The van der Waals surface area contributed by atoms with Gasteiger partial charge in [0, 0.05) is 27.4 Å². The summed E-state index contributed by atoms with van der Waals surface area (Å²) in [6.45, 7) is 10.6. The summed E-state index contributed by atoms with van der Waals surface area (Å²) in [5.41, 5.74) is 0. The van der Waals surface area contributed by atoms with Crippen LogP contribution in [0.25, 0.3) is 0 Å². The monoisotopic (exact) mass is 546 g/mol. The summed E-state index contributed by atoms with van der Waals surface area (Å²) in [5.74, 6) is 0. The van der Waals surface area contributed by atoms with Crippen LogP contribution in [0.1, 0.15) is 6.92 Å². The molecule has 0 N–H and O–H groups in total. The Kier molecular flexibility index (Phi) is 29.1. The van der Waals surface area contributed by atoms with Gasteiger partial charge in [-0.25, -0.2) is 0 Å². The fraction of sp³-hybridized carbons (Fsp3) is 1.00. The maximum atomic E-state index is 6.09. The molecule has 218 valence electrons. The molecule has 12 nitrogen and oxygen atoms in total. The molecule has 0 fully saturated rings. The van der Waals surface area contributed by atoms with Gasteiger partial charge in [0.05, 0.1) is 119 Å². The molecule has 0 aliphatic carbocycles. The molecule has 0 unspecified atom stereocenters. The van der Waals surface area contributed by atoms with Crippen LogP contribution in [0.2, 0.25) is 6.04 Å². The third-order valence-electron chi connectivity index (χ3n) is 4.49. The SMILES string of the molecule is CC[Si](OCCOCCOCCOC)(OCCOCCOCCOC)OCCOCCOCCOC. The predicted octanol–water partition coefficient (Wildman–Crippen LogP) is 1.03. The second-order valence-electron chi connectivity index (χ2n) is 7.23. The first kappa shape index (κ1) is 35.7. The summed E-state index contributed by atoms with van der Waals surface area (Å²) in [6, 6.07) is 0.618. The van der Waals surface area contributed by atoms with Crippen molar-refractivity contribution in [1.29, 1.82) is 0 Å². The van der Waals surface area contributed by atoms with Crippen molar-refractivity contribution >= 4 is 8.80 Å². The van der Waals surface area contributed by atoms with Crippen LogP contribution in [0.4, 0.5) is 0 Å². The standard InChI is InChI=1S/C23H50O12Si/c1-5-36(33-21-18-30-15-12-27-9-6-24-2,34-22-19-31-16-13-28-10-7-25-3)35-23-20-32-17-14-29-11-8-26-4/h5-23H2,1-4H3. The molecule has 0 aliphatic heterocycles. The van der Waals surface area contributed by atoms with Crippen LogP contribution in [-0.2, 0) is 55.9 Å². The Morgan fingerprint density at radius 2 is 0.556 bits per heavy atom. The molecule has 0 aromatic heterocycles. The number of hydrogen-bond donors (Lipinski definition) is 0. The van der Waals surface area contributed by atoms with Crippen molar-refractivity contribution < 1.29 is 55.9 Å². The predicted molar refractivity (Wildman–Crippen MR) is 135 cm³/mol. The van der Waals surface area contributed by atoms with Gasteiger partial charge in [0.2, 0.25) is 0 Å². The van der Waals surface area contributed by atoms with Gasteiger partial charge in [-0.1, -0.05) is 6.92 Å². The molecule has 0 spiro atoms. The van der Waals surface area contributed by atoms with E-state index in [1.54, 1.807) is 21.3 Å². The molecular formula is C23H50O12Si. The third-order valence-corrected chi connectivity index (χ3v) is 7.29. The van der Waals surface area contributed by atoms with Crippen molar-refractivity contribution in [1.82, 2.24) is 0 Å². The Balaban J connectivity index is 4.22. The fourth-order valence-electron chi connectivity index (χ4n) is 2.59. The maximum absolute atomic E-state index is 6.09. The van der Waals surface area contributed by atoms with Crippen molar-refractivity contribution in [2.45, 2.75) is 13.0 Å². The molecule has 36 heavy (non-hydrogen) atoms. The lowest BCUT2D eigenvalue weighted by Gasteiger charge is -2.28. The number of methoxy groups -OCH3 is 3. The highest BCUT2D eigenvalue weighted by Gasteiger charge is 2.39. The molecule has 0 rings (SSSR count). The summed E-state index contributed by atoms with van der Waals surface area (Å²) in [4.78, 5) is 0. The Bertz CT molecular complexity index is 367. The highest BCUT2D eigenvalue weighted by atomic mass is 28.4. The largest absolute Gasteiger partial charge is 0.500 e. The fourth-order valence-corrected chi connectivity index (χ4v) is 4.64. The Hall–Kier alpha value is -0.263. The molecule has 13 heteroatoms. The molecule has 0 aromatic carbocycles. The summed E-state index contributed by atoms with van der Waals surface area (Å²) in [6.07, 6.45) is 0. The zero-order valence-electron chi connectivity index (χ0n) is 22.8. The van der Waals surface area contributed by atoms with E-state index in [2.05, 4.69) is 0 Å². The minimum Gasteiger partial charge on any atom is -0.382 e. The van der Waals surface area contributed by atoms with E-state index in [4.69, 9.17) is 55.9 Å². The summed E-state index contributed by atoms with van der Waals surface area (Å²) in [7, 11) is 2.01. The molecule has 0 saturated carbocycles. The number of ether oxygens (including phenoxy) is 9. The molecule has 0 radical (unpaired) electrons. The second-order valence-corrected chi connectivity index (χ2v) is 10.2. The van der Waals surface area contributed by atoms with E-state index in [1.165, 1.54) is 0 Å². The summed E-state index contributed by atoms with van der Waals surface area (Å²) in [5, 5.41) is 0. The van der Waals surface area contributed by atoms with Crippen LogP contribution in [0.5, 0.6) is 0 Å². The Morgan fingerprint density at radius 3 is 0.778 bits per heavy atom. The Morgan fingerprint density at radius 1 is 0.333 bits per heavy atom. The van der Waals surface area contributed by atoms with E-state index in [0.29, 0.717) is 125 Å². The van der Waals surface area contributed by atoms with Gasteiger partial charge >= 0.3 is 8.80 Å². The summed E-state index contributed by atoms with van der Waals surface area (Å²) < 4.78 is 65.9. The van der Waals surface area contributed by atoms with Crippen LogP contribution in [0, 0.1) is 0 Å². The Labute approximate surface area is 218 Å². The van der Waals surface area contributed by atoms with Gasteiger partial charge in [0.1, 0.15) is 0 Å². The lowest BCUT2D eigenvalue weighted by molar-refractivity contribution is -0.0201. The first-order chi connectivity index (χ1) is 17.7. The van der Waals surface area contributed by atoms with Gasteiger partial charge in [-0.3, -0.25) is 0 Å². The van der Waals surface area contributed by atoms with E-state index < -0.39 is 8.80 Å². The molecule has 0 atom stereocenters. The average molecular weight is 547 g/mol. The van der Waals surface area contributed by atoms with Gasteiger partial charge < -0.3 is 55.9 Å². The highest BCUT2D eigenvalue weighted by Crippen LogP contribution is 2.15. The molecule has 0 amide bonds. The van der Waals surface area contributed by atoms with Crippen LogP contribution >= 0.6 is 0 Å². The van der Waals surface area contributed by atoms with Gasteiger partial charge in [-0.05, 0) is 0 Å². The summed E-state index contributed by atoms with van der Waals surface area (Å²) >= 11 is 0. The number of hydrogen-bond acceptors (Lipinski definition) is 12. The maximum Gasteiger partial charge on any atom is 0.500 e. The van der Waals surface area contributed by atoms with Gasteiger partial charge in [-0.2, -0.15) is 0 Å². The van der Waals surface area contributed by atoms with E-state index >= 15 is 0 Å². The normalized spacial score (nSPS) is 12.0. The van der Waals surface area contributed by atoms with Crippen LogP contribution < -0.4 is 0 Å². The topological polar surface area (TPSA) is 111 Å². The molecule has 0 aromatic rings. The quantitative estimate of drug-likeness (QED) is 0.0915. The van der Waals surface area contributed by atoms with E-state index in [1.807, 2.05) is 6.92 Å². The van der Waals surface area contributed by atoms with Gasteiger partial charge in [0.15, 0.2) is 0 Å². The first-order valence-electron chi connectivity index (χ1n) is 12.6. The highest BCUT2D eigenvalue weighted by molar-refractivity contribution is 6.60.